The van der Waals surface area contributed by atoms with Crippen LogP contribution < -0.4 is 0 Å². The molecule has 0 amide bonds. The zero-order valence-electron chi connectivity index (χ0n) is 50.9. The summed E-state index contributed by atoms with van der Waals surface area (Å²) < 4.78 is 34.7. The van der Waals surface area contributed by atoms with E-state index in [1.165, 1.54) is 122 Å². The lowest BCUT2D eigenvalue weighted by molar-refractivity contribution is -0.870. The van der Waals surface area contributed by atoms with Gasteiger partial charge in [-0.05, 0) is 96.3 Å². The van der Waals surface area contributed by atoms with Crippen molar-refractivity contribution in [3.8, 4) is 0 Å². The van der Waals surface area contributed by atoms with Gasteiger partial charge >= 0.3 is 19.8 Å². The molecule has 0 saturated heterocycles. The number of hydrogen-bond donors (Lipinski definition) is 1. The molecule has 0 aromatic rings. The monoisotopic (exact) mass is 1110 g/mol. The normalized spacial score (nSPS) is 14.0. The van der Waals surface area contributed by atoms with Gasteiger partial charge in [-0.25, -0.2) is 4.57 Å². The molecule has 2 unspecified atom stereocenters. The average Bonchev–Trinajstić information content (AvgIpc) is 3.40. The van der Waals surface area contributed by atoms with E-state index in [9.17, 15) is 19.0 Å². The lowest BCUT2D eigenvalue weighted by Crippen LogP contribution is -2.37. The first-order valence-corrected chi connectivity index (χ1v) is 33.1. The molecule has 0 bridgehead atoms. The van der Waals surface area contributed by atoms with Gasteiger partial charge in [0, 0.05) is 12.8 Å². The first-order chi connectivity index (χ1) is 38.0. The molecule has 0 radical (unpaired) electrons. The fraction of sp³-hybridized carbons (Fsp3) is 0.706. The van der Waals surface area contributed by atoms with E-state index in [4.69, 9.17) is 18.5 Å². The number of rotatable bonds is 57. The van der Waals surface area contributed by atoms with Crippen molar-refractivity contribution in [3.05, 3.63) is 109 Å². The van der Waals surface area contributed by atoms with Crippen molar-refractivity contribution in [2.45, 2.75) is 264 Å². The third kappa shape index (κ3) is 61.9. The number of ether oxygens (including phenoxy) is 2. The zero-order valence-corrected chi connectivity index (χ0v) is 51.8. The summed E-state index contributed by atoms with van der Waals surface area (Å²) in [5.41, 5.74) is 0. The molecule has 0 heterocycles. The van der Waals surface area contributed by atoms with Crippen LogP contribution in [0.15, 0.2) is 109 Å². The van der Waals surface area contributed by atoms with E-state index in [2.05, 4.69) is 123 Å². The number of esters is 2. The van der Waals surface area contributed by atoms with Gasteiger partial charge in [-0.15, -0.1) is 0 Å². The standard InChI is InChI=1S/C68H118NO8P/c1-6-8-10-12-14-16-18-20-22-24-26-28-30-32-33-34-35-37-38-40-42-44-46-48-50-52-54-56-58-60-67(70)74-64-66(65-76-78(72,73)75-63-62-69(3,4)5)77-68(71)61-59-57-55-53-51-49-47-45-43-41-39-36-31-29-27-25-23-21-19-17-15-13-11-9-7-2/h8-11,14-17,20-23,26-29,36,39,66H,6-7,12-13,18-19,24-25,30-35,37-38,40-65H2,1-5H3/p+1/b10-8-,11-9-,16-14-,17-15-,22-20-,23-21-,28-26-,29-27-,39-36-. The first kappa shape index (κ1) is 74.7. The predicted octanol–water partition coefficient (Wildman–Crippen LogP) is 20.2. The van der Waals surface area contributed by atoms with Crippen molar-refractivity contribution in [2.75, 3.05) is 47.5 Å². The molecule has 0 aliphatic rings. The van der Waals surface area contributed by atoms with Crippen molar-refractivity contribution in [1.82, 2.24) is 0 Å². The Bertz CT molecular complexity index is 1680. The van der Waals surface area contributed by atoms with Crippen LogP contribution in [0.2, 0.25) is 0 Å². The molecule has 0 rings (SSSR count). The number of carbonyl (C=O) groups excluding carboxylic acids is 2. The zero-order chi connectivity index (χ0) is 57.0. The van der Waals surface area contributed by atoms with E-state index in [-0.39, 0.29) is 32.0 Å². The molecule has 0 aromatic heterocycles. The SMILES string of the molecule is CC/C=C\C/C=C\C/C=C\C/C=C\C/C=C\CCCCCCCCCCCC(=O)OC(COC(=O)CCCCCCCCCCCCCCCCCC/C=C\C/C=C\C/C=C\C/C=C\CC)COP(=O)(O)OCC[N+](C)(C)C. The van der Waals surface area contributed by atoms with Crippen LogP contribution in [-0.2, 0) is 32.7 Å². The maximum Gasteiger partial charge on any atom is 0.472 e. The van der Waals surface area contributed by atoms with Crippen LogP contribution in [0, 0.1) is 0 Å². The molecule has 0 aliphatic heterocycles. The molecule has 0 aliphatic carbocycles. The fourth-order valence-corrected chi connectivity index (χ4v) is 9.25. The highest BCUT2D eigenvalue weighted by molar-refractivity contribution is 7.47. The lowest BCUT2D eigenvalue weighted by Gasteiger charge is -2.24. The van der Waals surface area contributed by atoms with Crippen molar-refractivity contribution in [3.63, 3.8) is 0 Å². The second-order valence-corrected chi connectivity index (χ2v) is 23.5. The fourth-order valence-electron chi connectivity index (χ4n) is 8.51. The molecular formula is C68H119NO8P+. The van der Waals surface area contributed by atoms with E-state index < -0.39 is 26.5 Å². The van der Waals surface area contributed by atoms with Crippen LogP contribution in [-0.4, -0.2) is 74.9 Å². The predicted molar refractivity (Wildman–Crippen MR) is 335 cm³/mol. The second-order valence-electron chi connectivity index (χ2n) is 22.0. The van der Waals surface area contributed by atoms with Gasteiger partial charge in [0.15, 0.2) is 6.10 Å². The molecule has 1 N–H and O–H groups in total. The van der Waals surface area contributed by atoms with E-state index in [0.29, 0.717) is 17.4 Å². The molecule has 0 fully saturated rings. The van der Waals surface area contributed by atoms with Crippen LogP contribution in [0.3, 0.4) is 0 Å². The summed E-state index contributed by atoms with van der Waals surface area (Å²) in [5.74, 6) is -0.803. The van der Waals surface area contributed by atoms with E-state index in [1.54, 1.807) is 0 Å². The average molecular weight is 1110 g/mol. The number of nitrogens with zero attached hydrogens (tertiary/aromatic N) is 1. The number of carbonyl (C=O) groups is 2. The Hall–Kier alpha value is -3.33. The second kappa shape index (κ2) is 58.3. The Morgan fingerprint density at radius 2 is 0.692 bits per heavy atom. The minimum Gasteiger partial charge on any atom is -0.462 e. The van der Waals surface area contributed by atoms with Crippen LogP contribution >= 0.6 is 7.82 Å². The topological polar surface area (TPSA) is 108 Å². The molecular weight excluding hydrogens is 990 g/mol. The van der Waals surface area contributed by atoms with Crippen LogP contribution in [0.5, 0.6) is 0 Å². The Balaban J connectivity index is 4.12. The maximum absolute atomic E-state index is 12.8. The summed E-state index contributed by atoms with van der Waals surface area (Å²) in [4.78, 5) is 35.8. The number of quaternary nitrogens is 1. The lowest BCUT2D eigenvalue weighted by atomic mass is 10.0. The molecule has 0 spiro atoms. The van der Waals surface area contributed by atoms with Gasteiger partial charge in [0.25, 0.3) is 0 Å². The minimum absolute atomic E-state index is 0.0262. The number of likely N-dealkylation sites (N-methyl/N-ethyl adjacent to an activating group) is 1. The highest BCUT2D eigenvalue weighted by atomic mass is 31.2. The summed E-state index contributed by atoms with van der Waals surface area (Å²) in [6.07, 6.45) is 81.6. The summed E-state index contributed by atoms with van der Waals surface area (Å²) >= 11 is 0. The number of phosphoric acid groups is 1. The van der Waals surface area contributed by atoms with Gasteiger partial charge in [-0.2, -0.15) is 0 Å². The van der Waals surface area contributed by atoms with E-state index >= 15 is 0 Å². The van der Waals surface area contributed by atoms with Gasteiger partial charge in [0.05, 0.1) is 27.7 Å². The third-order valence-electron chi connectivity index (χ3n) is 13.3. The Labute approximate surface area is 480 Å². The quantitative estimate of drug-likeness (QED) is 0.0211. The molecule has 2 atom stereocenters. The molecule has 0 saturated carbocycles. The molecule has 78 heavy (non-hydrogen) atoms. The number of unbranched alkanes of at least 4 members (excludes halogenated alkanes) is 25. The van der Waals surface area contributed by atoms with Crippen LogP contribution in [0.4, 0.5) is 0 Å². The number of hydrogen-bond acceptors (Lipinski definition) is 7. The summed E-state index contributed by atoms with van der Waals surface area (Å²) in [6.45, 7) is 4.21. The minimum atomic E-state index is -4.40. The highest BCUT2D eigenvalue weighted by Crippen LogP contribution is 2.43. The molecule has 10 heteroatoms. The summed E-state index contributed by atoms with van der Waals surface area (Å²) in [7, 11) is 1.47. The highest BCUT2D eigenvalue weighted by Gasteiger charge is 2.27. The third-order valence-corrected chi connectivity index (χ3v) is 14.3. The van der Waals surface area contributed by atoms with Crippen molar-refractivity contribution >= 4 is 19.8 Å². The molecule has 448 valence electrons. The van der Waals surface area contributed by atoms with E-state index in [1.807, 2.05) is 21.1 Å². The number of phosphoric ester groups is 1. The maximum atomic E-state index is 12.8. The van der Waals surface area contributed by atoms with Crippen molar-refractivity contribution < 1.29 is 42.1 Å². The Morgan fingerprint density at radius 1 is 0.397 bits per heavy atom. The van der Waals surface area contributed by atoms with Gasteiger partial charge in [-0.1, -0.05) is 258 Å². The summed E-state index contributed by atoms with van der Waals surface area (Å²) in [6, 6.07) is 0. The smallest absolute Gasteiger partial charge is 0.462 e. The Morgan fingerprint density at radius 3 is 1.03 bits per heavy atom. The Kier molecular flexibility index (Phi) is 55.8. The van der Waals surface area contributed by atoms with Crippen LogP contribution in [0.1, 0.15) is 258 Å². The van der Waals surface area contributed by atoms with Crippen molar-refractivity contribution in [2.24, 2.45) is 0 Å². The largest absolute Gasteiger partial charge is 0.472 e. The van der Waals surface area contributed by atoms with Gasteiger partial charge in [-0.3, -0.25) is 18.6 Å². The molecule has 0 aromatic carbocycles. The van der Waals surface area contributed by atoms with Crippen molar-refractivity contribution in [1.29, 1.82) is 0 Å². The van der Waals surface area contributed by atoms with E-state index in [0.717, 1.165) is 103 Å². The molecule has 9 nitrogen and oxygen atoms in total. The first-order valence-electron chi connectivity index (χ1n) is 31.6. The number of allylic oxidation sites excluding steroid dienone is 18. The summed E-state index contributed by atoms with van der Waals surface area (Å²) in [5, 5.41) is 0. The van der Waals surface area contributed by atoms with Gasteiger partial charge < -0.3 is 18.9 Å². The van der Waals surface area contributed by atoms with Gasteiger partial charge in [0.1, 0.15) is 19.8 Å². The van der Waals surface area contributed by atoms with Gasteiger partial charge in [0.2, 0.25) is 0 Å². The van der Waals surface area contributed by atoms with Crippen LogP contribution in [0.25, 0.3) is 0 Å².